The first-order valence-electron chi connectivity index (χ1n) is 14.6. The van der Waals surface area contributed by atoms with Gasteiger partial charge in [0.25, 0.3) is 0 Å². The van der Waals surface area contributed by atoms with Gasteiger partial charge in [-0.15, -0.1) is 0 Å². The van der Waals surface area contributed by atoms with Crippen LogP contribution in [-0.2, 0) is 18.9 Å². The van der Waals surface area contributed by atoms with Gasteiger partial charge in [0.05, 0.1) is 26.4 Å². The molecule has 0 amide bonds. The van der Waals surface area contributed by atoms with Gasteiger partial charge in [0.2, 0.25) is 0 Å². The number of nitrogens with zero attached hydrogens (tertiary/aromatic N) is 4. The highest BCUT2D eigenvalue weighted by atomic mass is 17.0. The van der Waals surface area contributed by atoms with Crippen molar-refractivity contribution in [3.63, 3.8) is 0 Å². The van der Waals surface area contributed by atoms with Crippen molar-refractivity contribution in [1.29, 1.82) is 0 Å². The van der Waals surface area contributed by atoms with Crippen molar-refractivity contribution in [3.05, 3.63) is 0 Å². The topological polar surface area (TPSA) is 98.0 Å². The quantitative estimate of drug-likeness (QED) is 0.157. The van der Waals surface area contributed by atoms with E-state index >= 15 is 0 Å². The van der Waals surface area contributed by atoms with E-state index in [4.69, 9.17) is 18.9 Å². The zero-order valence-electron chi connectivity index (χ0n) is 22.9. The number of hydrogen-bond donors (Lipinski definition) is 4. The molecule has 0 aliphatic carbocycles. The summed E-state index contributed by atoms with van der Waals surface area (Å²) in [4.78, 5) is 9.68. The molecular formula is C25H52N8O4. The second-order valence-corrected chi connectivity index (χ2v) is 10.3. The lowest BCUT2D eigenvalue weighted by Gasteiger charge is -2.36. The summed E-state index contributed by atoms with van der Waals surface area (Å²) in [6.45, 7) is 21.9. The van der Waals surface area contributed by atoms with Gasteiger partial charge in [0.1, 0.15) is 0 Å². The monoisotopic (exact) mass is 528 g/mol. The van der Waals surface area contributed by atoms with Crippen molar-refractivity contribution in [2.75, 3.05) is 157 Å². The molecule has 4 N–H and O–H groups in total. The van der Waals surface area contributed by atoms with Crippen LogP contribution in [0.3, 0.4) is 0 Å². The molecule has 0 atom stereocenters. The summed E-state index contributed by atoms with van der Waals surface area (Å²) < 4.78 is 25.5. The molecule has 4 heterocycles. The van der Waals surface area contributed by atoms with Gasteiger partial charge in [0, 0.05) is 131 Å². The first kappa shape index (κ1) is 29.5. The summed E-state index contributed by atoms with van der Waals surface area (Å²) in [6.07, 6.45) is -1.47. The maximum atomic E-state index is 6.38. The maximum Gasteiger partial charge on any atom is 0.412 e. The van der Waals surface area contributed by atoms with Crippen molar-refractivity contribution in [2.24, 2.45) is 0 Å². The fourth-order valence-electron chi connectivity index (χ4n) is 5.19. The molecular weight excluding hydrogens is 476 g/mol. The Kier molecular flexibility index (Phi) is 13.8. The van der Waals surface area contributed by atoms with Crippen LogP contribution in [0.2, 0.25) is 0 Å². The van der Waals surface area contributed by atoms with Gasteiger partial charge in [0.15, 0.2) is 0 Å². The van der Waals surface area contributed by atoms with Crippen LogP contribution < -0.4 is 21.3 Å². The van der Waals surface area contributed by atoms with Gasteiger partial charge in [-0.2, -0.15) is 0 Å². The van der Waals surface area contributed by atoms with E-state index in [0.717, 1.165) is 131 Å². The molecule has 0 aromatic carbocycles. The van der Waals surface area contributed by atoms with E-state index in [1.807, 2.05) is 0 Å². The van der Waals surface area contributed by atoms with Crippen molar-refractivity contribution < 1.29 is 18.9 Å². The zero-order valence-corrected chi connectivity index (χ0v) is 22.9. The van der Waals surface area contributed by atoms with Gasteiger partial charge in [-0.3, -0.25) is 19.6 Å². The second kappa shape index (κ2) is 17.3. The molecule has 0 aromatic rings. The number of ether oxygens (including phenoxy) is 4. The minimum absolute atomic E-state index is 0.509. The predicted octanol–water partition coefficient (Wildman–Crippen LogP) is -2.72. The molecule has 12 heteroatoms. The Balaban J connectivity index is 1.33. The third kappa shape index (κ3) is 11.3. The molecule has 0 bridgehead atoms. The number of rotatable bonds is 16. The van der Waals surface area contributed by atoms with Crippen LogP contribution in [0.1, 0.15) is 0 Å². The lowest BCUT2D eigenvalue weighted by Crippen LogP contribution is -2.51. The Labute approximate surface area is 223 Å². The van der Waals surface area contributed by atoms with Crippen LogP contribution >= 0.6 is 0 Å². The molecule has 4 saturated heterocycles. The van der Waals surface area contributed by atoms with E-state index < -0.39 is 6.16 Å². The molecule has 4 rings (SSSR count). The zero-order chi connectivity index (χ0) is 25.4. The summed E-state index contributed by atoms with van der Waals surface area (Å²) in [6, 6.07) is 0. The standard InChI is InChI=1S/C25H52N8O4/c1-9-30(10-2-26-1)17-21-34-25(35-22-18-31-11-3-27-4-12-31,36-23-19-32-13-5-28-6-14-32)37-24-20-33-15-7-29-8-16-33/h26-29H,1-24H2. The average Bonchev–Trinajstić information content (AvgIpc) is 2.95. The molecule has 0 unspecified atom stereocenters. The van der Waals surface area contributed by atoms with Crippen LogP contribution in [0.15, 0.2) is 0 Å². The van der Waals surface area contributed by atoms with Crippen LogP contribution in [-0.4, -0.2) is 183 Å². The summed E-state index contributed by atoms with van der Waals surface area (Å²) in [7, 11) is 0. The Morgan fingerprint density at radius 3 is 0.811 bits per heavy atom. The highest BCUT2D eigenvalue weighted by Gasteiger charge is 2.37. The minimum Gasteiger partial charge on any atom is -0.314 e. The van der Waals surface area contributed by atoms with Crippen LogP contribution in [0.4, 0.5) is 0 Å². The Morgan fingerprint density at radius 1 is 0.378 bits per heavy atom. The molecule has 37 heavy (non-hydrogen) atoms. The van der Waals surface area contributed by atoms with Gasteiger partial charge in [-0.25, -0.2) is 0 Å². The molecule has 4 fully saturated rings. The van der Waals surface area contributed by atoms with Crippen molar-refractivity contribution >= 4 is 0 Å². The van der Waals surface area contributed by atoms with Crippen LogP contribution in [0.25, 0.3) is 0 Å². The molecule has 12 nitrogen and oxygen atoms in total. The van der Waals surface area contributed by atoms with E-state index in [-0.39, 0.29) is 0 Å². The molecule has 0 saturated carbocycles. The molecule has 0 spiro atoms. The normalized spacial score (nSPS) is 24.0. The number of hydrogen-bond acceptors (Lipinski definition) is 12. The lowest BCUT2D eigenvalue weighted by molar-refractivity contribution is -0.499. The SMILES string of the molecule is C1CN(CCOC(OCCN2CCNCC2)(OCCN2CCNCC2)OCCN2CCNCC2)CCN1. The number of nitrogens with one attached hydrogen (secondary N) is 4. The fraction of sp³-hybridized carbons (Fsp3) is 1.00. The van der Waals surface area contributed by atoms with E-state index in [9.17, 15) is 0 Å². The van der Waals surface area contributed by atoms with Gasteiger partial charge in [-0.1, -0.05) is 0 Å². The summed E-state index contributed by atoms with van der Waals surface area (Å²) in [5.41, 5.74) is 0. The highest BCUT2D eigenvalue weighted by molar-refractivity contribution is 4.71. The molecule has 4 aliphatic heterocycles. The summed E-state index contributed by atoms with van der Waals surface area (Å²) >= 11 is 0. The largest absolute Gasteiger partial charge is 0.412 e. The average molecular weight is 529 g/mol. The third-order valence-electron chi connectivity index (χ3n) is 7.58. The van der Waals surface area contributed by atoms with E-state index in [1.165, 1.54) is 0 Å². The molecule has 216 valence electrons. The fourth-order valence-corrected chi connectivity index (χ4v) is 5.19. The molecule has 0 radical (unpaired) electrons. The summed E-state index contributed by atoms with van der Waals surface area (Å²) in [5, 5.41) is 13.7. The first-order chi connectivity index (χ1) is 18.3. The van der Waals surface area contributed by atoms with Crippen molar-refractivity contribution in [3.8, 4) is 0 Å². The first-order valence-corrected chi connectivity index (χ1v) is 14.6. The van der Waals surface area contributed by atoms with Gasteiger partial charge >= 0.3 is 6.16 Å². The second-order valence-electron chi connectivity index (χ2n) is 10.3. The van der Waals surface area contributed by atoms with Crippen molar-refractivity contribution in [2.45, 2.75) is 6.16 Å². The Hall–Kier alpha value is -0.480. The van der Waals surface area contributed by atoms with Crippen molar-refractivity contribution in [1.82, 2.24) is 40.9 Å². The highest BCUT2D eigenvalue weighted by Crippen LogP contribution is 2.19. The molecule has 4 aliphatic rings. The summed E-state index contributed by atoms with van der Waals surface area (Å²) in [5.74, 6) is 0. The van der Waals surface area contributed by atoms with Crippen LogP contribution in [0.5, 0.6) is 0 Å². The number of piperazine rings is 4. The van der Waals surface area contributed by atoms with E-state index in [1.54, 1.807) is 0 Å². The predicted molar refractivity (Wildman–Crippen MR) is 144 cm³/mol. The van der Waals surface area contributed by atoms with E-state index in [0.29, 0.717) is 26.4 Å². The third-order valence-corrected chi connectivity index (χ3v) is 7.58. The Bertz CT molecular complexity index is 482. The lowest BCUT2D eigenvalue weighted by atomic mass is 10.3. The molecule has 0 aromatic heterocycles. The minimum atomic E-state index is -1.47. The van der Waals surface area contributed by atoms with Gasteiger partial charge < -0.3 is 40.2 Å². The van der Waals surface area contributed by atoms with E-state index in [2.05, 4.69) is 40.9 Å². The van der Waals surface area contributed by atoms with Crippen LogP contribution in [0, 0.1) is 0 Å². The maximum absolute atomic E-state index is 6.38. The van der Waals surface area contributed by atoms with Gasteiger partial charge in [-0.05, 0) is 0 Å². The Morgan fingerprint density at radius 2 is 0.595 bits per heavy atom. The smallest absolute Gasteiger partial charge is 0.314 e.